The van der Waals surface area contributed by atoms with Gasteiger partial charge in [-0.15, -0.1) is 0 Å². The number of benzene rings is 2. The number of carbonyl (C=O) groups is 1. The van der Waals surface area contributed by atoms with E-state index in [0.29, 0.717) is 35.9 Å². The number of hydrogen-bond donors (Lipinski definition) is 1. The molecule has 3 rings (SSSR count). The topological polar surface area (TPSA) is 84.9 Å². The number of carbonyl (C=O) groups excluding carboxylic acids is 1. The van der Waals surface area contributed by atoms with Crippen molar-refractivity contribution in [1.82, 2.24) is 4.90 Å². The Hall–Kier alpha value is -2.45. The molecular formula is C22H27ClN2O5S. The van der Waals surface area contributed by atoms with E-state index in [9.17, 15) is 13.2 Å². The normalized spacial score (nSPS) is 16.7. The zero-order valence-corrected chi connectivity index (χ0v) is 19.6. The van der Waals surface area contributed by atoms with E-state index in [0.717, 1.165) is 12.8 Å². The molecule has 0 aliphatic carbocycles. The number of amides is 1. The second kappa shape index (κ2) is 9.36. The number of ether oxygens (including phenoxy) is 2. The molecule has 1 heterocycles. The summed E-state index contributed by atoms with van der Waals surface area (Å²) in [5.74, 6) is 0.895. The Labute approximate surface area is 188 Å². The van der Waals surface area contributed by atoms with E-state index in [1.807, 2.05) is 0 Å². The minimum atomic E-state index is -4.01. The van der Waals surface area contributed by atoms with Gasteiger partial charge in [0, 0.05) is 24.7 Å². The maximum atomic E-state index is 13.2. The van der Waals surface area contributed by atoms with Crippen molar-refractivity contribution in [3.05, 3.63) is 46.5 Å². The molecule has 1 unspecified atom stereocenters. The van der Waals surface area contributed by atoms with Gasteiger partial charge in [0.15, 0.2) is 0 Å². The SMILES string of the molecule is COc1cc(OC)c(NS(=O)(=O)c2cc(C(=O)N3CCCC(C)C3)ccc2C)cc1Cl. The van der Waals surface area contributed by atoms with Crippen molar-refractivity contribution in [2.75, 3.05) is 32.0 Å². The zero-order chi connectivity index (χ0) is 22.8. The van der Waals surface area contributed by atoms with E-state index in [1.165, 1.54) is 32.4 Å². The molecule has 2 aromatic carbocycles. The molecule has 0 bridgehead atoms. The molecule has 1 saturated heterocycles. The average Bonchev–Trinajstić information content (AvgIpc) is 2.73. The molecule has 1 atom stereocenters. The number of anilines is 1. The second-order valence-corrected chi connectivity index (χ2v) is 9.83. The fraction of sp³-hybridized carbons (Fsp3) is 0.409. The van der Waals surface area contributed by atoms with Crippen LogP contribution in [0, 0.1) is 12.8 Å². The van der Waals surface area contributed by atoms with E-state index < -0.39 is 10.0 Å². The van der Waals surface area contributed by atoms with Crippen molar-refractivity contribution in [2.24, 2.45) is 5.92 Å². The van der Waals surface area contributed by atoms with Crippen LogP contribution in [0.25, 0.3) is 0 Å². The minimum Gasteiger partial charge on any atom is -0.495 e. The van der Waals surface area contributed by atoms with Crippen molar-refractivity contribution < 1.29 is 22.7 Å². The number of halogens is 1. The molecule has 9 heteroatoms. The molecule has 0 spiro atoms. The number of methoxy groups -OCH3 is 2. The average molecular weight is 467 g/mol. The summed E-state index contributed by atoms with van der Waals surface area (Å²) in [6.07, 6.45) is 2.04. The van der Waals surface area contributed by atoms with Gasteiger partial charge in [-0.3, -0.25) is 9.52 Å². The highest BCUT2D eigenvalue weighted by Crippen LogP contribution is 2.37. The molecule has 1 aliphatic heterocycles. The first-order chi connectivity index (χ1) is 14.7. The Morgan fingerprint density at radius 2 is 1.87 bits per heavy atom. The second-order valence-electron chi connectivity index (χ2n) is 7.77. The Bertz CT molecular complexity index is 1090. The van der Waals surface area contributed by atoms with Crippen molar-refractivity contribution in [1.29, 1.82) is 0 Å². The Balaban J connectivity index is 1.94. The number of sulfonamides is 1. The molecule has 1 amide bonds. The summed E-state index contributed by atoms with van der Waals surface area (Å²) in [5.41, 5.74) is 1.05. The standard InChI is InChI=1S/C22H27ClN2O5S/c1-14-6-5-9-25(13-14)22(26)16-8-7-15(2)21(10-16)31(27,28)24-18-11-17(23)19(29-3)12-20(18)30-4/h7-8,10-12,14,24H,5-6,9,13H2,1-4H3. The number of aryl methyl sites for hydroxylation is 1. The van der Waals surface area contributed by atoms with Gasteiger partial charge in [0.1, 0.15) is 11.5 Å². The van der Waals surface area contributed by atoms with Crippen LogP contribution >= 0.6 is 11.6 Å². The van der Waals surface area contributed by atoms with Crippen LogP contribution in [0.4, 0.5) is 5.69 Å². The number of piperidine rings is 1. The molecule has 0 radical (unpaired) electrons. The van der Waals surface area contributed by atoms with Crippen molar-refractivity contribution in [2.45, 2.75) is 31.6 Å². The summed E-state index contributed by atoms with van der Waals surface area (Å²) in [7, 11) is -1.13. The van der Waals surface area contributed by atoms with Crippen LogP contribution in [-0.2, 0) is 10.0 Å². The smallest absolute Gasteiger partial charge is 0.262 e. The van der Waals surface area contributed by atoms with E-state index in [4.69, 9.17) is 21.1 Å². The highest BCUT2D eigenvalue weighted by atomic mass is 35.5. The van der Waals surface area contributed by atoms with Crippen molar-refractivity contribution in [3.8, 4) is 11.5 Å². The van der Waals surface area contributed by atoms with Crippen molar-refractivity contribution in [3.63, 3.8) is 0 Å². The van der Waals surface area contributed by atoms with Gasteiger partial charge in [0.05, 0.1) is 29.8 Å². The molecule has 168 valence electrons. The predicted octanol–water partition coefficient (Wildman–Crippen LogP) is 4.34. The lowest BCUT2D eigenvalue weighted by atomic mass is 9.99. The number of nitrogens with zero attached hydrogens (tertiary/aromatic N) is 1. The van der Waals surface area contributed by atoms with Crippen LogP contribution in [0.15, 0.2) is 35.2 Å². The van der Waals surface area contributed by atoms with Gasteiger partial charge in [-0.2, -0.15) is 0 Å². The lowest BCUT2D eigenvalue weighted by Gasteiger charge is -2.31. The number of rotatable bonds is 6. The maximum absolute atomic E-state index is 13.2. The summed E-state index contributed by atoms with van der Waals surface area (Å²) < 4.78 is 39.3. The Kier molecular flexibility index (Phi) is 7.01. The molecule has 7 nitrogen and oxygen atoms in total. The predicted molar refractivity (Wildman–Crippen MR) is 121 cm³/mol. The molecular weight excluding hydrogens is 440 g/mol. The number of likely N-dealkylation sites (tertiary alicyclic amines) is 1. The maximum Gasteiger partial charge on any atom is 0.262 e. The highest BCUT2D eigenvalue weighted by Gasteiger charge is 2.25. The van der Waals surface area contributed by atoms with E-state index in [1.54, 1.807) is 24.0 Å². The first kappa shape index (κ1) is 23.2. The van der Waals surface area contributed by atoms with E-state index >= 15 is 0 Å². The quantitative estimate of drug-likeness (QED) is 0.684. The molecule has 1 fully saturated rings. The minimum absolute atomic E-state index is 0.0254. The first-order valence-electron chi connectivity index (χ1n) is 10.0. The van der Waals surface area contributed by atoms with Crippen LogP contribution < -0.4 is 14.2 Å². The number of nitrogens with one attached hydrogen (secondary N) is 1. The van der Waals surface area contributed by atoms with Gasteiger partial charge in [-0.25, -0.2) is 8.42 Å². The molecule has 0 aromatic heterocycles. The lowest BCUT2D eigenvalue weighted by molar-refractivity contribution is 0.0683. The highest BCUT2D eigenvalue weighted by molar-refractivity contribution is 7.92. The van der Waals surface area contributed by atoms with Crippen LogP contribution in [0.1, 0.15) is 35.7 Å². The molecule has 1 aliphatic rings. The molecule has 1 N–H and O–H groups in total. The van der Waals surface area contributed by atoms with Crippen LogP contribution in [0.2, 0.25) is 5.02 Å². The third-order valence-electron chi connectivity index (χ3n) is 5.39. The molecule has 2 aromatic rings. The third kappa shape index (κ3) is 5.07. The fourth-order valence-corrected chi connectivity index (χ4v) is 5.29. The lowest BCUT2D eigenvalue weighted by Crippen LogP contribution is -2.39. The first-order valence-corrected chi connectivity index (χ1v) is 11.9. The van der Waals surface area contributed by atoms with Gasteiger partial charge in [-0.1, -0.05) is 24.6 Å². The van der Waals surface area contributed by atoms with Gasteiger partial charge in [-0.05, 0) is 49.4 Å². The van der Waals surface area contributed by atoms with Gasteiger partial charge in [0.25, 0.3) is 15.9 Å². The monoisotopic (exact) mass is 466 g/mol. The molecule has 0 saturated carbocycles. The largest absolute Gasteiger partial charge is 0.495 e. The van der Waals surface area contributed by atoms with Crippen molar-refractivity contribution >= 4 is 33.2 Å². The summed E-state index contributed by atoms with van der Waals surface area (Å²) in [4.78, 5) is 14.8. The molecule has 31 heavy (non-hydrogen) atoms. The van der Waals surface area contributed by atoms with Crippen LogP contribution in [-0.4, -0.2) is 46.5 Å². The Morgan fingerprint density at radius 3 is 2.52 bits per heavy atom. The summed E-state index contributed by atoms with van der Waals surface area (Å²) >= 11 is 6.16. The third-order valence-corrected chi connectivity index (χ3v) is 7.19. The summed E-state index contributed by atoms with van der Waals surface area (Å²) in [5, 5.41) is 0.237. The fourth-order valence-electron chi connectivity index (χ4n) is 3.72. The van der Waals surface area contributed by atoms with Crippen LogP contribution in [0.5, 0.6) is 11.5 Å². The van der Waals surface area contributed by atoms with Crippen LogP contribution in [0.3, 0.4) is 0 Å². The van der Waals surface area contributed by atoms with Gasteiger partial charge < -0.3 is 14.4 Å². The van der Waals surface area contributed by atoms with Gasteiger partial charge in [0.2, 0.25) is 0 Å². The Morgan fingerprint density at radius 1 is 1.16 bits per heavy atom. The summed E-state index contributed by atoms with van der Waals surface area (Å²) in [6, 6.07) is 7.67. The van der Waals surface area contributed by atoms with E-state index in [-0.39, 0.29) is 27.3 Å². The number of hydrogen-bond acceptors (Lipinski definition) is 5. The van der Waals surface area contributed by atoms with Gasteiger partial charge >= 0.3 is 0 Å². The zero-order valence-electron chi connectivity index (χ0n) is 18.1. The van der Waals surface area contributed by atoms with E-state index in [2.05, 4.69) is 11.6 Å². The summed E-state index contributed by atoms with van der Waals surface area (Å²) in [6.45, 7) is 5.15.